The number of benzene rings is 1. The summed E-state index contributed by atoms with van der Waals surface area (Å²) < 4.78 is 0. The van der Waals surface area contributed by atoms with Gasteiger partial charge < -0.3 is 5.32 Å². The van der Waals surface area contributed by atoms with Crippen LogP contribution in [0.1, 0.15) is 48.8 Å². The van der Waals surface area contributed by atoms with Crippen molar-refractivity contribution in [3.05, 3.63) is 65.0 Å². The summed E-state index contributed by atoms with van der Waals surface area (Å²) in [6.07, 6.45) is 2.31. The maximum absolute atomic E-state index is 4.68. The molecule has 0 bridgehead atoms. The highest BCUT2D eigenvalue weighted by molar-refractivity contribution is 5.32. The van der Waals surface area contributed by atoms with E-state index in [2.05, 4.69) is 60.5 Å². The molecule has 0 fully saturated rings. The fourth-order valence-corrected chi connectivity index (χ4v) is 2.54. The summed E-state index contributed by atoms with van der Waals surface area (Å²) in [5, 5.41) is 3.55. The second kappa shape index (κ2) is 7.20. The van der Waals surface area contributed by atoms with E-state index >= 15 is 0 Å². The summed E-state index contributed by atoms with van der Waals surface area (Å²) in [6.45, 7) is 7.33. The molecule has 0 spiro atoms. The van der Waals surface area contributed by atoms with Gasteiger partial charge in [0.25, 0.3) is 0 Å². The number of hydrogen-bond acceptors (Lipinski definition) is 2. The maximum Gasteiger partial charge on any atom is 0.0751 e. The average Bonchev–Trinajstić information content (AvgIpc) is 2.45. The standard InChI is InChI=1S/C18H24N2/c1-4-8-15-10-7-11-16(13-15)18(19-5-2)17-12-6-9-14(3)20-17/h6-7,9-13,18-19H,4-5,8H2,1-3H3. The Kier molecular flexibility index (Phi) is 5.31. The molecule has 0 radical (unpaired) electrons. The van der Waals surface area contributed by atoms with Crippen molar-refractivity contribution in [2.24, 2.45) is 0 Å². The van der Waals surface area contributed by atoms with Gasteiger partial charge in [-0.3, -0.25) is 4.98 Å². The van der Waals surface area contributed by atoms with Crippen LogP contribution in [0.3, 0.4) is 0 Å². The summed E-state index contributed by atoms with van der Waals surface area (Å²) >= 11 is 0. The molecule has 0 aliphatic heterocycles. The van der Waals surface area contributed by atoms with Gasteiger partial charge in [0.15, 0.2) is 0 Å². The summed E-state index contributed by atoms with van der Waals surface area (Å²) in [4.78, 5) is 4.68. The molecule has 0 amide bonds. The first-order valence-corrected chi connectivity index (χ1v) is 7.50. The first-order chi connectivity index (χ1) is 9.74. The van der Waals surface area contributed by atoms with E-state index in [4.69, 9.17) is 0 Å². The molecule has 1 aromatic carbocycles. The first kappa shape index (κ1) is 14.7. The van der Waals surface area contributed by atoms with Crippen LogP contribution in [0.4, 0.5) is 0 Å². The van der Waals surface area contributed by atoms with Crippen LogP contribution in [0.5, 0.6) is 0 Å². The lowest BCUT2D eigenvalue weighted by atomic mass is 9.99. The Balaban J connectivity index is 2.35. The highest BCUT2D eigenvalue weighted by Gasteiger charge is 2.14. The van der Waals surface area contributed by atoms with Crippen molar-refractivity contribution in [1.82, 2.24) is 10.3 Å². The van der Waals surface area contributed by atoms with Gasteiger partial charge in [-0.05, 0) is 43.1 Å². The normalized spacial score (nSPS) is 12.3. The lowest BCUT2D eigenvalue weighted by molar-refractivity contribution is 0.613. The van der Waals surface area contributed by atoms with Gasteiger partial charge in [-0.1, -0.05) is 50.6 Å². The Morgan fingerprint density at radius 2 is 1.90 bits per heavy atom. The number of hydrogen-bond donors (Lipinski definition) is 1. The molecular weight excluding hydrogens is 244 g/mol. The molecule has 2 rings (SSSR count). The van der Waals surface area contributed by atoms with Gasteiger partial charge >= 0.3 is 0 Å². The molecule has 20 heavy (non-hydrogen) atoms. The van der Waals surface area contributed by atoms with E-state index in [1.807, 2.05) is 13.0 Å². The van der Waals surface area contributed by atoms with Crippen molar-refractivity contribution in [1.29, 1.82) is 0 Å². The summed E-state index contributed by atoms with van der Waals surface area (Å²) in [6, 6.07) is 15.3. The summed E-state index contributed by atoms with van der Waals surface area (Å²) in [7, 11) is 0. The molecular formula is C18H24N2. The third-order valence-corrected chi connectivity index (χ3v) is 3.44. The number of nitrogens with one attached hydrogen (secondary N) is 1. The zero-order chi connectivity index (χ0) is 14.4. The number of aromatic nitrogens is 1. The number of rotatable bonds is 6. The molecule has 0 aliphatic rings. The van der Waals surface area contributed by atoms with E-state index in [-0.39, 0.29) is 6.04 Å². The second-order valence-electron chi connectivity index (χ2n) is 5.19. The molecule has 1 aromatic heterocycles. The molecule has 1 unspecified atom stereocenters. The van der Waals surface area contributed by atoms with Crippen molar-refractivity contribution in [3.8, 4) is 0 Å². The Morgan fingerprint density at radius 1 is 1.10 bits per heavy atom. The SMILES string of the molecule is CCCc1cccc(C(NCC)c2cccc(C)n2)c1. The lowest BCUT2D eigenvalue weighted by Crippen LogP contribution is -2.23. The van der Waals surface area contributed by atoms with Crippen LogP contribution in [0.15, 0.2) is 42.5 Å². The maximum atomic E-state index is 4.68. The van der Waals surface area contributed by atoms with Crippen LogP contribution in [0, 0.1) is 6.92 Å². The van der Waals surface area contributed by atoms with E-state index in [0.29, 0.717) is 0 Å². The molecule has 0 saturated carbocycles. The molecule has 0 aliphatic carbocycles. The van der Waals surface area contributed by atoms with E-state index < -0.39 is 0 Å². The van der Waals surface area contributed by atoms with Crippen molar-refractivity contribution in [2.75, 3.05) is 6.54 Å². The van der Waals surface area contributed by atoms with Gasteiger partial charge in [-0.2, -0.15) is 0 Å². The van der Waals surface area contributed by atoms with Crippen LogP contribution < -0.4 is 5.32 Å². The van der Waals surface area contributed by atoms with Crippen molar-refractivity contribution in [2.45, 2.75) is 39.7 Å². The Bertz CT molecular complexity index is 549. The van der Waals surface area contributed by atoms with Gasteiger partial charge in [-0.25, -0.2) is 0 Å². The molecule has 106 valence electrons. The predicted octanol–water partition coefficient (Wildman–Crippen LogP) is 4.04. The Hall–Kier alpha value is -1.67. The molecule has 1 N–H and O–H groups in total. The average molecular weight is 268 g/mol. The number of pyridine rings is 1. The van der Waals surface area contributed by atoms with Crippen molar-refractivity contribution >= 4 is 0 Å². The summed E-state index contributed by atoms with van der Waals surface area (Å²) in [5.74, 6) is 0. The number of nitrogens with zero attached hydrogens (tertiary/aromatic N) is 1. The smallest absolute Gasteiger partial charge is 0.0751 e. The van der Waals surface area contributed by atoms with Crippen LogP contribution >= 0.6 is 0 Å². The van der Waals surface area contributed by atoms with Crippen molar-refractivity contribution < 1.29 is 0 Å². The predicted molar refractivity (Wildman–Crippen MR) is 84.9 cm³/mol. The van der Waals surface area contributed by atoms with Gasteiger partial charge in [0, 0.05) is 5.69 Å². The fraction of sp³-hybridized carbons (Fsp3) is 0.389. The van der Waals surface area contributed by atoms with Gasteiger partial charge in [0.2, 0.25) is 0 Å². The number of aryl methyl sites for hydroxylation is 2. The third-order valence-electron chi connectivity index (χ3n) is 3.44. The zero-order valence-electron chi connectivity index (χ0n) is 12.7. The molecule has 1 heterocycles. The lowest BCUT2D eigenvalue weighted by Gasteiger charge is -2.19. The van der Waals surface area contributed by atoms with E-state index in [1.54, 1.807) is 0 Å². The van der Waals surface area contributed by atoms with Gasteiger partial charge in [-0.15, -0.1) is 0 Å². The minimum absolute atomic E-state index is 0.178. The minimum Gasteiger partial charge on any atom is -0.305 e. The molecule has 1 atom stereocenters. The topological polar surface area (TPSA) is 24.9 Å². The highest BCUT2D eigenvalue weighted by Crippen LogP contribution is 2.22. The van der Waals surface area contributed by atoms with Crippen LogP contribution in [0.2, 0.25) is 0 Å². The highest BCUT2D eigenvalue weighted by atomic mass is 14.9. The van der Waals surface area contributed by atoms with Crippen LogP contribution in [-0.4, -0.2) is 11.5 Å². The van der Waals surface area contributed by atoms with E-state index in [0.717, 1.165) is 24.4 Å². The van der Waals surface area contributed by atoms with Crippen LogP contribution in [-0.2, 0) is 6.42 Å². The third kappa shape index (κ3) is 3.67. The Morgan fingerprint density at radius 3 is 2.60 bits per heavy atom. The Labute approximate surface area is 122 Å². The minimum atomic E-state index is 0.178. The first-order valence-electron chi connectivity index (χ1n) is 7.50. The monoisotopic (exact) mass is 268 g/mol. The van der Waals surface area contributed by atoms with Crippen molar-refractivity contribution in [3.63, 3.8) is 0 Å². The van der Waals surface area contributed by atoms with Gasteiger partial charge in [0.05, 0.1) is 11.7 Å². The quantitative estimate of drug-likeness (QED) is 0.855. The molecule has 0 saturated heterocycles. The zero-order valence-corrected chi connectivity index (χ0v) is 12.7. The molecule has 2 nitrogen and oxygen atoms in total. The van der Waals surface area contributed by atoms with E-state index in [1.165, 1.54) is 17.5 Å². The summed E-state index contributed by atoms with van der Waals surface area (Å²) in [5.41, 5.74) is 4.87. The van der Waals surface area contributed by atoms with Crippen LogP contribution in [0.25, 0.3) is 0 Å². The van der Waals surface area contributed by atoms with Gasteiger partial charge in [0.1, 0.15) is 0 Å². The second-order valence-corrected chi connectivity index (χ2v) is 5.19. The largest absolute Gasteiger partial charge is 0.305 e. The molecule has 2 heteroatoms. The van der Waals surface area contributed by atoms with E-state index in [9.17, 15) is 0 Å². The fourth-order valence-electron chi connectivity index (χ4n) is 2.54. The molecule has 2 aromatic rings.